The van der Waals surface area contributed by atoms with E-state index in [1.807, 2.05) is 35.2 Å². The van der Waals surface area contributed by atoms with E-state index in [1.165, 1.54) is 6.07 Å². The van der Waals surface area contributed by atoms with Crippen molar-refractivity contribution in [3.8, 4) is 0 Å². The first-order chi connectivity index (χ1) is 22.5. The first-order valence-corrected chi connectivity index (χ1v) is 17.5. The molecule has 10 nitrogen and oxygen atoms in total. The van der Waals surface area contributed by atoms with E-state index in [-0.39, 0.29) is 22.9 Å². The topological polar surface area (TPSA) is 129 Å². The SMILES string of the molecule is Cc1cc(S(=O)(=O)N2c3ccccc3NC(=O)C2CC(=O)NCCC2CCN(C(=O)c3cc4ccccc4cn3)CC2)c(C)cc1Cl. The lowest BCUT2D eigenvalue weighted by Gasteiger charge is -2.37. The average Bonchev–Trinajstić information content (AvgIpc) is 3.06. The average molecular weight is 674 g/mol. The van der Waals surface area contributed by atoms with Gasteiger partial charge in [-0.1, -0.05) is 48.0 Å². The number of benzene rings is 3. The van der Waals surface area contributed by atoms with Gasteiger partial charge in [0.25, 0.3) is 15.9 Å². The maximum atomic E-state index is 14.2. The number of halogens is 1. The predicted molar refractivity (Wildman–Crippen MR) is 182 cm³/mol. The summed E-state index contributed by atoms with van der Waals surface area (Å²) in [7, 11) is -4.26. The highest BCUT2D eigenvalue weighted by Gasteiger charge is 2.42. The van der Waals surface area contributed by atoms with Crippen molar-refractivity contribution in [1.29, 1.82) is 0 Å². The van der Waals surface area contributed by atoms with Crippen molar-refractivity contribution >= 4 is 61.5 Å². The Labute approximate surface area is 279 Å². The van der Waals surface area contributed by atoms with Crippen LogP contribution >= 0.6 is 11.6 Å². The first-order valence-electron chi connectivity index (χ1n) is 15.6. The van der Waals surface area contributed by atoms with Gasteiger partial charge in [0.15, 0.2) is 0 Å². The fraction of sp³-hybridized carbons (Fsp3) is 0.314. The minimum absolute atomic E-state index is 0.0236. The standard InChI is InChI=1S/C35H36ClN5O5S/c1-22-18-32(23(2)17-27(22)36)47(45,46)41-30-10-6-5-9-28(30)39-34(43)31(41)20-33(42)37-14-11-24-12-15-40(16-13-24)35(44)29-19-25-7-3-4-8-26(25)21-38-29/h3-10,17-19,21,24,31H,11-16,20H2,1-2H3,(H,37,42)(H,39,43). The normalized spacial score (nSPS) is 16.9. The number of pyridine rings is 1. The van der Waals surface area contributed by atoms with Gasteiger partial charge in [-0.05, 0) is 85.9 Å². The van der Waals surface area contributed by atoms with Crippen LogP contribution in [0.5, 0.6) is 0 Å². The number of piperidine rings is 1. The molecule has 0 aliphatic carbocycles. The van der Waals surface area contributed by atoms with Gasteiger partial charge in [-0.15, -0.1) is 0 Å². The van der Waals surface area contributed by atoms with Crippen molar-refractivity contribution in [1.82, 2.24) is 15.2 Å². The van der Waals surface area contributed by atoms with Crippen LogP contribution < -0.4 is 14.9 Å². The van der Waals surface area contributed by atoms with Gasteiger partial charge in [0.1, 0.15) is 11.7 Å². The third-order valence-electron chi connectivity index (χ3n) is 8.98. The van der Waals surface area contributed by atoms with Crippen LogP contribution in [0.3, 0.4) is 0 Å². The molecule has 1 aromatic heterocycles. The molecule has 2 aliphatic rings. The molecule has 0 bridgehead atoms. The number of likely N-dealkylation sites (tertiary alicyclic amines) is 1. The number of sulfonamides is 1. The second-order valence-corrected chi connectivity index (χ2v) is 14.4. The summed E-state index contributed by atoms with van der Waals surface area (Å²) in [6.07, 6.45) is 3.66. The van der Waals surface area contributed by atoms with Gasteiger partial charge in [0.05, 0.1) is 22.7 Å². The highest BCUT2D eigenvalue weighted by Crippen LogP contribution is 2.38. The Balaban J connectivity index is 1.08. The second kappa shape index (κ2) is 13.3. The van der Waals surface area contributed by atoms with Crippen molar-refractivity contribution in [3.63, 3.8) is 0 Å². The van der Waals surface area contributed by atoms with Gasteiger partial charge in [0, 0.05) is 36.2 Å². The fourth-order valence-corrected chi connectivity index (χ4v) is 8.47. The molecular formula is C35H36ClN5O5S. The highest BCUT2D eigenvalue weighted by molar-refractivity contribution is 7.93. The number of carbonyl (C=O) groups is 3. The number of aromatic nitrogens is 1. The molecule has 6 rings (SSSR count). The zero-order valence-corrected chi connectivity index (χ0v) is 27.8. The van der Waals surface area contributed by atoms with Crippen LogP contribution in [0.25, 0.3) is 10.8 Å². The monoisotopic (exact) mass is 673 g/mol. The Morgan fingerprint density at radius 2 is 1.68 bits per heavy atom. The van der Waals surface area contributed by atoms with Crippen molar-refractivity contribution in [2.45, 2.75) is 50.5 Å². The Morgan fingerprint density at radius 1 is 0.979 bits per heavy atom. The van der Waals surface area contributed by atoms with E-state index in [0.29, 0.717) is 59.5 Å². The van der Waals surface area contributed by atoms with Crippen molar-refractivity contribution < 1.29 is 22.8 Å². The van der Waals surface area contributed by atoms with Crippen LogP contribution in [-0.2, 0) is 19.6 Å². The van der Waals surface area contributed by atoms with Gasteiger partial charge in [0.2, 0.25) is 11.8 Å². The molecule has 1 fully saturated rings. The molecule has 1 saturated heterocycles. The quantitative estimate of drug-likeness (QED) is 0.255. The lowest BCUT2D eigenvalue weighted by molar-refractivity contribution is -0.125. The third kappa shape index (κ3) is 6.68. The number of anilines is 2. The highest BCUT2D eigenvalue weighted by atomic mass is 35.5. The predicted octanol–water partition coefficient (Wildman–Crippen LogP) is 5.47. The van der Waals surface area contributed by atoms with E-state index in [9.17, 15) is 22.8 Å². The van der Waals surface area contributed by atoms with Gasteiger partial charge >= 0.3 is 0 Å². The summed E-state index contributed by atoms with van der Waals surface area (Å²) in [6, 6.07) is 18.1. The molecule has 3 aromatic carbocycles. The lowest BCUT2D eigenvalue weighted by atomic mass is 9.93. The maximum Gasteiger partial charge on any atom is 0.272 e. The molecule has 244 valence electrons. The largest absolute Gasteiger partial charge is 0.356 e. The molecule has 12 heteroatoms. The Hall–Kier alpha value is -4.48. The molecule has 4 aromatic rings. The molecule has 0 spiro atoms. The number of fused-ring (bicyclic) bond motifs is 2. The van der Waals surface area contributed by atoms with Crippen LogP contribution in [0.15, 0.2) is 77.8 Å². The number of carbonyl (C=O) groups excluding carboxylic acids is 3. The van der Waals surface area contributed by atoms with Crippen LogP contribution in [0.2, 0.25) is 5.02 Å². The molecule has 3 amide bonds. The number of para-hydroxylation sites is 2. The van der Waals surface area contributed by atoms with Crippen LogP contribution in [0.4, 0.5) is 11.4 Å². The maximum absolute atomic E-state index is 14.2. The number of amides is 3. The Morgan fingerprint density at radius 3 is 2.45 bits per heavy atom. The number of nitrogens with one attached hydrogen (secondary N) is 2. The lowest BCUT2D eigenvalue weighted by Crippen LogP contribution is -2.53. The van der Waals surface area contributed by atoms with Crippen molar-refractivity contribution in [3.05, 3.63) is 94.8 Å². The number of rotatable bonds is 8. The third-order valence-corrected chi connectivity index (χ3v) is 11.4. The molecule has 3 heterocycles. The molecule has 47 heavy (non-hydrogen) atoms. The van der Waals surface area contributed by atoms with Gasteiger partial charge in [-0.25, -0.2) is 8.42 Å². The molecule has 1 unspecified atom stereocenters. The van der Waals surface area contributed by atoms with Gasteiger partial charge in [-0.3, -0.25) is 23.7 Å². The number of hydrogen-bond donors (Lipinski definition) is 2. The van der Waals surface area contributed by atoms with E-state index in [1.54, 1.807) is 50.4 Å². The Bertz CT molecular complexity index is 1980. The van der Waals surface area contributed by atoms with Crippen LogP contribution in [0.1, 0.15) is 47.3 Å². The molecule has 1 atom stereocenters. The smallest absolute Gasteiger partial charge is 0.272 e. The molecule has 2 N–H and O–H groups in total. The van der Waals surface area contributed by atoms with E-state index >= 15 is 0 Å². The first kappa shape index (κ1) is 32.5. The van der Waals surface area contributed by atoms with Crippen molar-refractivity contribution in [2.75, 3.05) is 29.3 Å². The summed E-state index contributed by atoms with van der Waals surface area (Å²) >= 11 is 6.25. The van der Waals surface area contributed by atoms with Gasteiger partial charge < -0.3 is 15.5 Å². The fourth-order valence-electron chi connectivity index (χ4n) is 6.32. The summed E-state index contributed by atoms with van der Waals surface area (Å²) in [5.74, 6) is -0.785. The summed E-state index contributed by atoms with van der Waals surface area (Å²) in [5, 5.41) is 8.05. The van der Waals surface area contributed by atoms with E-state index in [4.69, 9.17) is 11.6 Å². The summed E-state index contributed by atoms with van der Waals surface area (Å²) < 4.78 is 29.4. The second-order valence-electron chi connectivity index (χ2n) is 12.2. The van der Waals surface area contributed by atoms with E-state index < -0.39 is 27.9 Å². The number of aryl methyl sites for hydroxylation is 2. The minimum atomic E-state index is -4.26. The zero-order valence-electron chi connectivity index (χ0n) is 26.2. The molecule has 0 saturated carbocycles. The summed E-state index contributed by atoms with van der Waals surface area (Å²) in [4.78, 5) is 45.8. The van der Waals surface area contributed by atoms with Crippen molar-refractivity contribution in [2.24, 2.45) is 5.92 Å². The molecular weight excluding hydrogens is 638 g/mol. The van der Waals surface area contributed by atoms with Crippen LogP contribution in [-0.4, -0.2) is 61.7 Å². The zero-order chi connectivity index (χ0) is 33.3. The van der Waals surface area contributed by atoms with E-state index in [0.717, 1.165) is 27.9 Å². The minimum Gasteiger partial charge on any atom is -0.356 e. The van der Waals surface area contributed by atoms with Crippen LogP contribution in [0, 0.1) is 19.8 Å². The number of hydrogen-bond acceptors (Lipinski definition) is 6. The van der Waals surface area contributed by atoms with E-state index in [2.05, 4.69) is 15.6 Å². The summed E-state index contributed by atoms with van der Waals surface area (Å²) in [6.45, 7) is 4.94. The Kier molecular flexibility index (Phi) is 9.20. The van der Waals surface area contributed by atoms with Gasteiger partial charge in [-0.2, -0.15) is 0 Å². The molecule has 0 radical (unpaired) electrons. The number of nitrogens with zero attached hydrogens (tertiary/aromatic N) is 3. The molecule has 2 aliphatic heterocycles. The summed E-state index contributed by atoms with van der Waals surface area (Å²) in [5.41, 5.74) is 2.09.